The minimum atomic E-state index is 1.10. The van der Waals surface area contributed by atoms with Crippen LogP contribution in [0.3, 0.4) is 0 Å². The van der Waals surface area contributed by atoms with Crippen molar-refractivity contribution >= 4 is 27.8 Å². The summed E-state index contributed by atoms with van der Waals surface area (Å²) >= 11 is 0. The molecule has 0 saturated carbocycles. The molecule has 0 saturated heterocycles. The van der Waals surface area contributed by atoms with E-state index < -0.39 is 0 Å². The molecule has 278 valence electrons. The fourth-order valence-electron chi connectivity index (χ4n) is 8.44. The van der Waals surface area contributed by atoms with Crippen molar-refractivity contribution < 1.29 is 0 Å². The third kappa shape index (κ3) is 7.12. The van der Waals surface area contributed by atoms with Gasteiger partial charge >= 0.3 is 0 Å². The second-order valence-electron chi connectivity index (χ2n) is 14.9. The monoisotopic (exact) mass is 751 g/mol. The first-order valence-electron chi connectivity index (χ1n) is 20.3. The summed E-state index contributed by atoms with van der Waals surface area (Å²) in [6, 6.07) is 89.6. The van der Waals surface area contributed by atoms with Crippen molar-refractivity contribution in [2.45, 2.75) is 0 Å². The Balaban J connectivity index is 0.992. The number of para-hydroxylation sites is 1. The van der Waals surface area contributed by atoms with Crippen molar-refractivity contribution in [1.29, 1.82) is 0 Å². The van der Waals surface area contributed by atoms with Crippen LogP contribution in [0.4, 0.5) is 17.1 Å². The molecule has 10 aromatic carbocycles. The molecular formula is C58H41N. The van der Waals surface area contributed by atoms with Crippen molar-refractivity contribution in [2.24, 2.45) is 0 Å². The first kappa shape index (κ1) is 35.7. The lowest BCUT2D eigenvalue weighted by Crippen LogP contribution is -2.09. The molecular weight excluding hydrogens is 711 g/mol. The Hall–Kier alpha value is -7.74. The zero-order valence-electron chi connectivity index (χ0n) is 32.6. The Morgan fingerprint density at radius 2 is 0.508 bits per heavy atom. The number of fused-ring (bicyclic) bond motifs is 1. The standard InChI is InChI=1S/C58H41N/c1-5-16-44(17-6-1)52-24-13-14-25-53(52)47-30-28-42(29-31-47)43-32-36-50(37-33-43)59(49-22-11-4-12-23-49)51-38-34-48(35-39-51)56-41-40-54(45-18-7-2-8-19-45)57-27-15-26-55(58(56)57)46-20-9-3-10-21-46/h1-41H. The Morgan fingerprint density at radius 3 is 1.05 bits per heavy atom. The van der Waals surface area contributed by atoms with Crippen LogP contribution < -0.4 is 4.90 Å². The minimum Gasteiger partial charge on any atom is -0.311 e. The van der Waals surface area contributed by atoms with Gasteiger partial charge in [0.15, 0.2) is 0 Å². The number of hydrogen-bond donors (Lipinski definition) is 0. The van der Waals surface area contributed by atoms with E-state index in [1.165, 1.54) is 77.5 Å². The van der Waals surface area contributed by atoms with Gasteiger partial charge in [-0.15, -0.1) is 0 Å². The second-order valence-corrected chi connectivity index (χ2v) is 14.9. The quantitative estimate of drug-likeness (QED) is 0.142. The summed E-state index contributed by atoms with van der Waals surface area (Å²) in [6.45, 7) is 0. The van der Waals surface area contributed by atoms with Crippen LogP contribution >= 0.6 is 0 Å². The van der Waals surface area contributed by atoms with Crippen LogP contribution in [-0.4, -0.2) is 0 Å². The Labute approximate surface area is 346 Å². The molecule has 1 heteroatoms. The highest BCUT2D eigenvalue weighted by Gasteiger charge is 2.17. The van der Waals surface area contributed by atoms with E-state index in [0.29, 0.717) is 0 Å². The van der Waals surface area contributed by atoms with E-state index in [2.05, 4.69) is 254 Å². The van der Waals surface area contributed by atoms with Gasteiger partial charge in [-0.1, -0.05) is 212 Å². The predicted octanol–water partition coefficient (Wildman–Crippen LogP) is 16.3. The highest BCUT2D eigenvalue weighted by atomic mass is 15.1. The number of hydrogen-bond acceptors (Lipinski definition) is 1. The predicted molar refractivity (Wildman–Crippen MR) is 251 cm³/mol. The van der Waals surface area contributed by atoms with E-state index in [0.717, 1.165) is 17.1 Å². The van der Waals surface area contributed by atoms with Crippen molar-refractivity contribution in [2.75, 3.05) is 4.90 Å². The Bertz CT molecular complexity index is 2970. The van der Waals surface area contributed by atoms with Gasteiger partial charge < -0.3 is 4.90 Å². The van der Waals surface area contributed by atoms with E-state index >= 15 is 0 Å². The number of rotatable bonds is 9. The molecule has 0 spiro atoms. The maximum atomic E-state index is 2.34. The van der Waals surface area contributed by atoms with Gasteiger partial charge in [-0.2, -0.15) is 0 Å². The molecule has 0 aliphatic heterocycles. The van der Waals surface area contributed by atoms with Gasteiger partial charge in [0, 0.05) is 17.1 Å². The van der Waals surface area contributed by atoms with Crippen LogP contribution in [-0.2, 0) is 0 Å². The summed E-state index contributed by atoms with van der Waals surface area (Å²) in [7, 11) is 0. The lowest BCUT2D eigenvalue weighted by atomic mass is 9.87. The van der Waals surface area contributed by atoms with Crippen LogP contribution in [0.15, 0.2) is 249 Å². The number of nitrogens with zero attached hydrogens (tertiary/aromatic N) is 1. The molecule has 0 aliphatic rings. The molecule has 0 atom stereocenters. The van der Waals surface area contributed by atoms with Gasteiger partial charge in [-0.05, 0) is 114 Å². The van der Waals surface area contributed by atoms with Gasteiger partial charge in [0.1, 0.15) is 0 Å². The molecule has 0 unspecified atom stereocenters. The minimum absolute atomic E-state index is 1.10. The maximum Gasteiger partial charge on any atom is 0.0462 e. The van der Waals surface area contributed by atoms with Crippen LogP contribution in [0, 0.1) is 0 Å². The first-order valence-corrected chi connectivity index (χ1v) is 20.3. The summed E-state index contributed by atoms with van der Waals surface area (Å²) in [5.41, 5.74) is 17.9. The second kappa shape index (κ2) is 16.0. The average molecular weight is 752 g/mol. The van der Waals surface area contributed by atoms with Crippen LogP contribution in [0.25, 0.3) is 77.5 Å². The summed E-state index contributed by atoms with van der Waals surface area (Å²) in [5.74, 6) is 0. The summed E-state index contributed by atoms with van der Waals surface area (Å²) in [6.07, 6.45) is 0. The average Bonchev–Trinajstić information content (AvgIpc) is 3.33. The molecule has 59 heavy (non-hydrogen) atoms. The molecule has 10 aromatic rings. The Kier molecular flexibility index (Phi) is 9.68. The third-order valence-electron chi connectivity index (χ3n) is 11.3. The topological polar surface area (TPSA) is 3.24 Å². The van der Waals surface area contributed by atoms with Crippen molar-refractivity contribution in [1.82, 2.24) is 0 Å². The van der Waals surface area contributed by atoms with E-state index in [1.807, 2.05) is 0 Å². The lowest BCUT2D eigenvalue weighted by molar-refractivity contribution is 1.28. The van der Waals surface area contributed by atoms with E-state index in [-0.39, 0.29) is 0 Å². The maximum absolute atomic E-state index is 2.34. The van der Waals surface area contributed by atoms with Crippen LogP contribution in [0.1, 0.15) is 0 Å². The zero-order valence-corrected chi connectivity index (χ0v) is 32.6. The van der Waals surface area contributed by atoms with Crippen LogP contribution in [0.2, 0.25) is 0 Å². The molecule has 0 aliphatic carbocycles. The fourth-order valence-corrected chi connectivity index (χ4v) is 8.44. The van der Waals surface area contributed by atoms with E-state index in [4.69, 9.17) is 0 Å². The molecule has 0 aromatic heterocycles. The molecule has 10 rings (SSSR count). The normalized spacial score (nSPS) is 11.1. The molecule has 0 fully saturated rings. The van der Waals surface area contributed by atoms with Crippen LogP contribution in [0.5, 0.6) is 0 Å². The number of benzene rings is 10. The molecule has 0 bridgehead atoms. The molecule has 0 amide bonds. The zero-order chi connectivity index (χ0) is 39.4. The van der Waals surface area contributed by atoms with Crippen molar-refractivity contribution in [3.8, 4) is 66.8 Å². The summed E-state index contributed by atoms with van der Waals surface area (Å²) in [4.78, 5) is 2.34. The van der Waals surface area contributed by atoms with Crippen molar-refractivity contribution in [3.05, 3.63) is 249 Å². The Morgan fingerprint density at radius 1 is 0.186 bits per heavy atom. The molecule has 0 N–H and O–H groups in total. The van der Waals surface area contributed by atoms with E-state index in [9.17, 15) is 0 Å². The highest BCUT2D eigenvalue weighted by molar-refractivity contribution is 6.12. The number of anilines is 3. The third-order valence-corrected chi connectivity index (χ3v) is 11.3. The fraction of sp³-hybridized carbons (Fsp3) is 0. The summed E-state index contributed by atoms with van der Waals surface area (Å²) < 4.78 is 0. The van der Waals surface area contributed by atoms with Gasteiger partial charge in [-0.3, -0.25) is 0 Å². The largest absolute Gasteiger partial charge is 0.311 e. The summed E-state index contributed by atoms with van der Waals surface area (Å²) in [5, 5.41) is 2.51. The lowest BCUT2D eigenvalue weighted by Gasteiger charge is -2.26. The SMILES string of the molecule is c1ccc(-c2ccccc2-c2ccc(-c3ccc(N(c4ccccc4)c4ccc(-c5ccc(-c6ccccc6)c6cccc(-c7ccccc7)c56)cc4)cc3)cc2)cc1. The highest BCUT2D eigenvalue weighted by Crippen LogP contribution is 2.43. The van der Waals surface area contributed by atoms with Gasteiger partial charge in [0.2, 0.25) is 0 Å². The molecule has 0 heterocycles. The smallest absolute Gasteiger partial charge is 0.0462 e. The molecule has 1 nitrogen and oxygen atoms in total. The van der Waals surface area contributed by atoms with Gasteiger partial charge in [0.05, 0.1) is 0 Å². The first-order chi connectivity index (χ1) is 29.3. The van der Waals surface area contributed by atoms with Crippen molar-refractivity contribution in [3.63, 3.8) is 0 Å². The van der Waals surface area contributed by atoms with Gasteiger partial charge in [-0.25, -0.2) is 0 Å². The van der Waals surface area contributed by atoms with E-state index in [1.54, 1.807) is 0 Å². The molecule has 0 radical (unpaired) electrons. The van der Waals surface area contributed by atoms with Gasteiger partial charge in [0.25, 0.3) is 0 Å².